The number of furan rings is 1. The third-order valence-corrected chi connectivity index (χ3v) is 4.36. The lowest BCUT2D eigenvalue weighted by atomic mass is 9.93. The second kappa shape index (κ2) is 7.34. The van der Waals surface area contributed by atoms with E-state index in [9.17, 15) is 9.59 Å². The van der Waals surface area contributed by atoms with Crippen molar-refractivity contribution in [1.29, 1.82) is 0 Å². The summed E-state index contributed by atoms with van der Waals surface area (Å²) in [5.41, 5.74) is 2.00. The summed E-state index contributed by atoms with van der Waals surface area (Å²) in [4.78, 5) is 24.0. The minimum Gasteiger partial charge on any atom is -0.469 e. The zero-order chi connectivity index (χ0) is 16.9. The predicted molar refractivity (Wildman–Crippen MR) is 90.1 cm³/mol. The normalized spacial score (nSPS) is 17.6. The number of carbonyl (C=O) groups is 2. The molecule has 5 heteroatoms. The molecule has 0 unspecified atom stereocenters. The zero-order valence-electron chi connectivity index (χ0n) is 13.7. The number of nitrogens with one attached hydrogen (secondary N) is 2. The van der Waals surface area contributed by atoms with E-state index >= 15 is 0 Å². The Labute approximate surface area is 141 Å². The molecule has 2 atom stereocenters. The molecule has 0 saturated carbocycles. The molecule has 2 aromatic rings. The third kappa shape index (κ3) is 3.85. The molecule has 1 aliphatic rings. The summed E-state index contributed by atoms with van der Waals surface area (Å²) < 4.78 is 5.46. The molecule has 0 bridgehead atoms. The third-order valence-electron chi connectivity index (χ3n) is 4.36. The van der Waals surface area contributed by atoms with Gasteiger partial charge in [-0.2, -0.15) is 0 Å². The molecule has 126 valence electrons. The minimum atomic E-state index is -0.323. The molecule has 2 amide bonds. The van der Waals surface area contributed by atoms with Gasteiger partial charge in [-0.05, 0) is 24.5 Å². The van der Waals surface area contributed by atoms with Crippen molar-refractivity contribution in [3.8, 4) is 0 Å². The Morgan fingerprint density at radius 3 is 2.79 bits per heavy atom. The molecule has 0 spiro atoms. The van der Waals surface area contributed by atoms with Gasteiger partial charge in [0, 0.05) is 18.9 Å². The van der Waals surface area contributed by atoms with Crippen LogP contribution in [0.15, 0.2) is 47.1 Å². The van der Waals surface area contributed by atoms with Crippen molar-refractivity contribution in [2.45, 2.75) is 44.7 Å². The highest BCUT2D eigenvalue weighted by Gasteiger charge is 2.25. The maximum atomic E-state index is 12.5. The summed E-state index contributed by atoms with van der Waals surface area (Å²) in [5.74, 6) is 0.746. The Morgan fingerprint density at radius 1 is 1.25 bits per heavy atom. The van der Waals surface area contributed by atoms with Crippen molar-refractivity contribution in [3.63, 3.8) is 0 Å². The fraction of sp³-hybridized carbons (Fsp3) is 0.368. The van der Waals surface area contributed by atoms with Gasteiger partial charge in [0.15, 0.2) is 0 Å². The van der Waals surface area contributed by atoms with Gasteiger partial charge in [-0.15, -0.1) is 0 Å². The predicted octanol–water partition coefficient (Wildman–Crippen LogP) is 3.04. The van der Waals surface area contributed by atoms with Crippen LogP contribution in [0.5, 0.6) is 0 Å². The van der Waals surface area contributed by atoms with E-state index in [0.29, 0.717) is 0 Å². The first-order chi connectivity index (χ1) is 11.6. The van der Waals surface area contributed by atoms with E-state index in [1.54, 1.807) is 6.26 Å². The van der Waals surface area contributed by atoms with Gasteiger partial charge in [0.25, 0.3) is 0 Å². The molecule has 2 N–H and O–H groups in total. The molecular formula is C19H22N2O3. The first-order valence-electron chi connectivity index (χ1n) is 8.31. The van der Waals surface area contributed by atoms with Gasteiger partial charge in [-0.3, -0.25) is 9.59 Å². The lowest BCUT2D eigenvalue weighted by Gasteiger charge is -2.24. The lowest BCUT2D eigenvalue weighted by Crippen LogP contribution is -2.35. The Bertz CT molecular complexity index is 708. The largest absolute Gasteiger partial charge is 0.469 e. The Kier molecular flexibility index (Phi) is 4.99. The van der Waals surface area contributed by atoms with E-state index in [0.717, 1.165) is 36.1 Å². The number of hydrogen-bond donors (Lipinski definition) is 2. The molecule has 3 rings (SSSR count). The summed E-state index contributed by atoms with van der Waals surface area (Å²) in [6.45, 7) is 1.47. The number of benzene rings is 1. The topological polar surface area (TPSA) is 71.3 Å². The average molecular weight is 326 g/mol. The van der Waals surface area contributed by atoms with Crippen molar-refractivity contribution in [1.82, 2.24) is 10.6 Å². The fourth-order valence-electron chi connectivity index (χ4n) is 3.26. The monoisotopic (exact) mass is 326 g/mol. The number of hydrogen-bond acceptors (Lipinski definition) is 3. The Balaban J connectivity index is 1.67. The van der Waals surface area contributed by atoms with Crippen molar-refractivity contribution in [2.75, 3.05) is 0 Å². The van der Waals surface area contributed by atoms with Crippen LogP contribution in [0.2, 0.25) is 0 Å². The highest BCUT2D eigenvalue weighted by molar-refractivity contribution is 5.79. The van der Waals surface area contributed by atoms with Gasteiger partial charge < -0.3 is 15.1 Å². The van der Waals surface area contributed by atoms with Gasteiger partial charge in [0.05, 0.1) is 24.8 Å². The van der Waals surface area contributed by atoms with Gasteiger partial charge in [-0.1, -0.05) is 30.3 Å². The number of amides is 2. The summed E-state index contributed by atoms with van der Waals surface area (Å²) in [5, 5.41) is 5.94. The molecule has 1 aliphatic carbocycles. The fourth-order valence-corrected chi connectivity index (χ4v) is 3.26. The van der Waals surface area contributed by atoms with Crippen LogP contribution >= 0.6 is 0 Å². The maximum absolute atomic E-state index is 12.5. The molecule has 0 aliphatic heterocycles. The van der Waals surface area contributed by atoms with Gasteiger partial charge in [0.1, 0.15) is 5.76 Å². The van der Waals surface area contributed by atoms with E-state index in [2.05, 4.69) is 10.6 Å². The molecule has 1 heterocycles. The highest BCUT2D eigenvalue weighted by Crippen LogP contribution is 2.30. The molecular weight excluding hydrogens is 304 g/mol. The number of carbonyl (C=O) groups excluding carboxylic acids is 2. The molecule has 0 fully saturated rings. The van der Waals surface area contributed by atoms with Crippen LogP contribution in [-0.4, -0.2) is 11.8 Å². The number of aryl methyl sites for hydroxylation is 1. The van der Waals surface area contributed by atoms with Gasteiger partial charge in [0.2, 0.25) is 11.8 Å². The minimum absolute atomic E-state index is 0.00579. The summed E-state index contributed by atoms with van der Waals surface area (Å²) >= 11 is 0. The van der Waals surface area contributed by atoms with Crippen LogP contribution in [0.1, 0.15) is 55.2 Å². The molecule has 1 aromatic carbocycles. The highest BCUT2D eigenvalue weighted by atomic mass is 16.3. The van der Waals surface area contributed by atoms with Crippen LogP contribution in [0, 0.1) is 0 Å². The van der Waals surface area contributed by atoms with Crippen LogP contribution in [-0.2, 0) is 16.0 Å². The van der Waals surface area contributed by atoms with Crippen LogP contribution in [0.4, 0.5) is 0 Å². The van der Waals surface area contributed by atoms with E-state index in [-0.39, 0.29) is 30.3 Å². The van der Waals surface area contributed by atoms with E-state index in [1.165, 1.54) is 6.92 Å². The lowest BCUT2D eigenvalue weighted by molar-refractivity contribution is -0.123. The SMILES string of the molecule is CC(=O)N[C@@H](CC(=O)N[C@@H]1CCCc2occc21)c1ccccc1. The van der Waals surface area contributed by atoms with E-state index in [4.69, 9.17) is 4.42 Å². The van der Waals surface area contributed by atoms with E-state index < -0.39 is 0 Å². The van der Waals surface area contributed by atoms with Crippen molar-refractivity contribution < 1.29 is 14.0 Å². The van der Waals surface area contributed by atoms with Crippen molar-refractivity contribution in [3.05, 3.63) is 59.5 Å². The van der Waals surface area contributed by atoms with Crippen LogP contribution in [0.25, 0.3) is 0 Å². The quantitative estimate of drug-likeness (QED) is 0.887. The molecule has 5 nitrogen and oxygen atoms in total. The van der Waals surface area contributed by atoms with Crippen molar-refractivity contribution in [2.24, 2.45) is 0 Å². The van der Waals surface area contributed by atoms with Gasteiger partial charge >= 0.3 is 0 Å². The maximum Gasteiger partial charge on any atom is 0.222 e. The zero-order valence-corrected chi connectivity index (χ0v) is 13.7. The Morgan fingerprint density at radius 2 is 2.04 bits per heavy atom. The van der Waals surface area contributed by atoms with E-state index in [1.807, 2.05) is 36.4 Å². The first-order valence-corrected chi connectivity index (χ1v) is 8.31. The summed E-state index contributed by atoms with van der Waals surface area (Å²) in [7, 11) is 0. The Hall–Kier alpha value is -2.56. The van der Waals surface area contributed by atoms with Crippen LogP contribution in [0.3, 0.4) is 0 Å². The van der Waals surface area contributed by atoms with Gasteiger partial charge in [-0.25, -0.2) is 0 Å². The number of rotatable bonds is 5. The second-order valence-corrected chi connectivity index (χ2v) is 6.18. The average Bonchev–Trinajstić information content (AvgIpc) is 3.04. The molecule has 1 aromatic heterocycles. The van der Waals surface area contributed by atoms with Crippen LogP contribution < -0.4 is 10.6 Å². The number of fused-ring (bicyclic) bond motifs is 1. The molecule has 0 saturated heterocycles. The molecule has 24 heavy (non-hydrogen) atoms. The summed E-state index contributed by atoms with van der Waals surface area (Å²) in [6, 6.07) is 11.2. The summed E-state index contributed by atoms with van der Waals surface area (Å²) in [6.07, 6.45) is 4.73. The smallest absolute Gasteiger partial charge is 0.222 e. The standard InChI is InChI=1S/C19H22N2O3/c1-13(22)20-17(14-6-3-2-4-7-14)12-19(23)21-16-8-5-9-18-15(16)10-11-24-18/h2-4,6-7,10-11,16-17H,5,8-9,12H2,1H3,(H,20,22)(H,21,23)/t16-,17+/m1/s1. The first kappa shape index (κ1) is 16.3. The molecule has 0 radical (unpaired) electrons. The van der Waals surface area contributed by atoms with Crippen molar-refractivity contribution >= 4 is 11.8 Å². The second-order valence-electron chi connectivity index (χ2n) is 6.18.